The van der Waals surface area contributed by atoms with E-state index >= 15 is 0 Å². The molecule has 0 aliphatic rings. The number of nitrogens with zero attached hydrogens (tertiary/aromatic N) is 8. The molecule has 4 aromatic heterocycles. The number of aromatic nitrogens is 8. The zero-order valence-corrected chi connectivity index (χ0v) is 18.9. The first kappa shape index (κ1) is 22.0. The third-order valence-electron chi connectivity index (χ3n) is 4.70. The van der Waals surface area contributed by atoms with Crippen LogP contribution in [0.25, 0.3) is 11.7 Å². The van der Waals surface area contributed by atoms with Crippen molar-refractivity contribution in [2.24, 2.45) is 0 Å². The van der Waals surface area contributed by atoms with Crippen molar-refractivity contribution in [2.75, 3.05) is 11.9 Å². The molecule has 0 saturated heterocycles. The van der Waals surface area contributed by atoms with Crippen molar-refractivity contribution in [3.8, 4) is 5.95 Å². The second-order valence-corrected chi connectivity index (χ2v) is 7.84. The van der Waals surface area contributed by atoms with Crippen molar-refractivity contribution in [1.29, 1.82) is 0 Å². The monoisotopic (exact) mass is 449 g/mol. The van der Waals surface area contributed by atoms with Crippen molar-refractivity contribution < 1.29 is 14.3 Å². The summed E-state index contributed by atoms with van der Waals surface area (Å²) in [4.78, 5) is 42.2. The van der Waals surface area contributed by atoms with Gasteiger partial charge in [0.2, 0.25) is 0 Å². The first-order chi connectivity index (χ1) is 15.7. The number of hydrogen-bond donors (Lipinski definition) is 1. The molecule has 0 saturated carbocycles. The third-order valence-corrected chi connectivity index (χ3v) is 4.70. The number of hydrogen-bond acceptors (Lipinski definition) is 9. The van der Waals surface area contributed by atoms with Gasteiger partial charge in [-0.25, -0.2) is 24.3 Å². The Balaban J connectivity index is 1.49. The molecule has 4 rings (SSSR count). The van der Waals surface area contributed by atoms with Gasteiger partial charge in [-0.2, -0.15) is 19.9 Å². The average Bonchev–Trinajstić information content (AvgIpc) is 3.36. The normalized spacial score (nSPS) is 11.2. The zero-order chi connectivity index (χ0) is 23.7. The number of carbonyl (C=O) groups is 2. The van der Waals surface area contributed by atoms with Crippen LogP contribution < -0.4 is 5.32 Å². The Morgan fingerprint density at radius 3 is 2.48 bits per heavy atom. The molecule has 0 spiro atoms. The molecule has 4 heterocycles. The lowest BCUT2D eigenvalue weighted by atomic mass is 10.1. The number of amides is 1. The second-order valence-electron chi connectivity index (χ2n) is 7.84. The van der Waals surface area contributed by atoms with E-state index in [0.29, 0.717) is 28.9 Å². The fourth-order valence-electron chi connectivity index (χ4n) is 3.44. The predicted octanol–water partition coefficient (Wildman–Crippen LogP) is 1.94. The molecule has 0 unspecified atom stereocenters. The van der Waals surface area contributed by atoms with E-state index in [9.17, 15) is 9.59 Å². The highest BCUT2D eigenvalue weighted by molar-refractivity contribution is 5.95. The van der Waals surface area contributed by atoms with Gasteiger partial charge in [0.25, 0.3) is 17.6 Å². The number of aryl methyl sites for hydroxylation is 3. The van der Waals surface area contributed by atoms with Crippen molar-refractivity contribution >= 4 is 23.5 Å². The van der Waals surface area contributed by atoms with E-state index in [1.165, 1.54) is 21.7 Å². The predicted molar refractivity (Wildman–Crippen MR) is 117 cm³/mol. The van der Waals surface area contributed by atoms with E-state index in [0.717, 1.165) is 11.4 Å². The van der Waals surface area contributed by atoms with Crippen LogP contribution in [0.15, 0.2) is 24.7 Å². The lowest BCUT2D eigenvalue weighted by Gasteiger charge is -2.13. The number of esters is 1. The van der Waals surface area contributed by atoms with Gasteiger partial charge in [0.05, 0.1) is 17.0 Å². The Morgan fingerprint density at radius 2 is 1.79 bits per heavy atom. The van der Waals surface area contributed by atoms with E-state index in [1.54, 1.807) is 13.0 Å². The molecule has 0 aliphatic heterocycles. The molecule has 12 heteroatoms. The van der Waals surface area contributed by atoms with Gasteiger partial charge in [-0.3, -0.25) is 4.79 Å². The smallest absolute Gasteiger partial charge is 0.342 e. The van der Waals surface area contributed by atoms with Gasteiger partial charge in [0, 0.05) is 23.7 Å². The Hall–Kier alpha value is -4.22. The van der Waals surface area contributed by atoms with Crippen LogP contribution in [-0.2, 0) is 9.53 Å². The summed E-state index contributed by atoms with van der Waals surface area (Å²) in [5.74, 6) is -0.182. The first-order valence-electron chi connectivity index (χ1n) is 10.3. The minimum atomic E-state index is -0.680. The highest BCUT2D eigenvalue weighted by Crippen LogP contribution is 2.20. The maximum absolute atomic E-state index is 12.7. The van der Waals surface area contributed by atoms with Gasteiger partial charge in [0.1, 0.15) is 12.1 Å². The molecule has 0 fully saturated rings. The van der Waals surface area contributed by atoms with Gasteiger partial charge in [-0.05, 0) is 32.8 Å². The van der Waals surface area contributed by atoms with Gasteiger partial charge in [-0.15, -0.1) is 0 Å². The maximum atomic E-state index is 12.7. The van der Waals surface area contributed by atoms with E-state index < -0.39 is 18.5 Å². The molecule has 1 amide bonds. The van der Waals surface area contributed by atoms with Crippen LogP contribution in [0.2, 0.25) is 0 Å². The molecular formula is C21H23N9O3. The van der Waals surface area contributed by atoms with Crippen LogP contribution in [0.1, 0.15) is 52.9 Å². The minimum absolute atomic E-state index is 0.0521. The van der Waals surface area contributed by atoms with E-state index in [4.69, 9.17) is 4.74 Å². The number of ether oxygens (including phenoxy) is 1. The van der Waals surface area contributed by atoms with Crippen LogP contribution in [0.4, 0.5) is 5.82 Å². The summed E-state index contributed by atoms with van der Waals surface area (Å²) < 4.78 is 8.19. The van der Waals surface area contributed by atoms with Gasteiger partial charge in [-0.1, -0.05) is 13.8 Å². The van der Waals surface area contributed by atoms with Gasteiger partial charge >= 0.3 is 5.97 Å². The van der Waals surface area contributed by atoms with Crippen molar-refractivity contribution in [2.45, 2.75) is 40.5 Å². The van der Waals surface area contributed by atoms with Gasteiger partial charge in [0.15, 0.2) is 6.61 Å². The Labute approximate surface area is 189 Å². The summed E-state index contributed by atoms with van der Waals surface area (Å²) in [6, 6.07) is 3.52. The lowest BCUT2D eigenvalue weighted by Crippen LogP contribution is -2.24. The number of nitrogens with one attached hydrogen (secondary N) is 1. The molecular weight excluding hydrogens is 426 g/mol. The quantitative estimate of drug-likeness (QED) is 0.437. The van der Waals surface area contributed by atoms with Crippen LogP contribution in [0.3, 0.4) is 0 Å². The zero-order valence-electron chi connectivity index (χ0n) is 18.9. The number of carbonyl (C=O) groups excluding carboxylic acids is 2. The van der Waals surface area contributed by atoms with Crippen LogP contribution in [0, 0.1) is 20.8 Å². The van der Waals surface area contributed by atoms with Crippen LogP contribution >= 0.6 is 0 Å². The topological polar surface area (TPSA) is 142 Å². The SMILES string of the molecule is Cc1cc(C)nc(-n2nc(C)cc2NC(=O)COC(=O)c2cnc3ncnn3c2C(C)C)n1. The summed E-state index contributed by atoms with van der Waals surface area (Å²) in [7, 11) is 0. The van der Waals surface area contributed by atoms with E-state index in [2.05, 4.69) is 35.5 Å². The molecule has 0 aromatic carbocycles. The minimum Gasteiger partial charge on any atom is -0.452 e. The molecule has 0 aliphatic carbocycles. The molecule has 1 N–H and O–H groups in total. The van der Waals surface area contributed by atoms with Crippen LogP contribution in [0.5, 0.6) is 0 Å². The maximum Gasteiger partial charge on any atom is 0.342 e. The summed E-state index contributed by atoms with van der Waals surface area (Å²) in [6.45, 7) is 8.82. The Bertz CT molecular complexity index is 1340. The fourth-order valence-corrected chi connectivity index (χ4v) is 3.44. The standard InChI is InChI=1S/C21H23N9O3/c1-11(2)18-15(8-22-20-23-10-24-30(18)20)19(32)33-9-17(31)27-16-7-14(5)28-29(16)21-25-12(3)6-13(4)26-21/h6-8,10-11H,9H2,1-5H3,(H,27,31). The molecule has 12 nitrogen and oxygen atoms in total. The second kappa shape index (κ2) is 8.73. The van der Waals surface area contributed by atoms with E-state index in [-0.39, 0.29) is 11.5 Å². The first-order valence-corrected chi connectivity index (χ1v) is 10.3. The highest BCUT2D eigenvalue weighted by Gasteiger charge is 2.22. The average molecular weight is 449 g/mol. The van der Waals surface area contributed by atoms with Crippen LogP contribution in [-0.4, -0.2) is 57.8 Å². The number of fused-ring (bicyclic) bond motifs is 1. The molecule has 170 valence electrons. The molecule has 0 bridgehead atoms. The third kappa shape index (κ3) is 4.54. The van der Waals surface area contributed by atoms with Crippen molar-refractivity contribution in [1.82, 2.24) is 39.3 Å². The molecule has 33 heavy (non-hydrogen) atoms. The van der Waals surface area contributed by atoms with Gasteiger partial charge < -0.3 is 10.1 Å². The fraction of sp³-hybridized carbons (Fsp3) is 0.333. The summed E-state index contributed by atoms with van der Waals surface area (Å²) in [5, 5.41) is 11.2. The van der Waals surface area contributed by atoms with Crippen molar-refractivity contribution in [3.05, 3.63) is 53.0 Å². The number of rotatable bonds is 6. The summed E-state index contributed by atoms with van der Waals surface area (Å²) >= 11 is 0. The largest absolute Gasteiger partial charge is 0.452 e. The summed E-state index contributed by atoms with van der Waals surface area (Å²) in [5.41, 5.74) is 3.04. The molecule has 0 atom stereocenters. The van der Waals surface area contributed by atoms with E-state index in [1.807, 2.05) is 33.8 Å². The lowest BCUT2D eigenvalue weighted by molar-refractivity contribution is -0.119. The summed E-state index contributed by atoms with van der Waals surface area (Å²) in [6.07, 6.45) is 2.75. The Morgan fingerprint density at radius 1 is 1.06 bits per heavy atom. The molecule has 4 aromatic rings. The van der Waals surface area contributed by atoms with Crippen molar-refractivity contribution in [3.63, 3.8) is 0 Å². The Kier molecular flexibility index (Phi) is 5.82. The highest BCUT2D eigenvalue weighted by atomic mass is 16.5. The molecule has 0 radical (unpaired) electrons. The number of anilines is 1.